The number of para-hydroxylation sites is 1. The van der Waals surface area contributed by atoms with Crippen molar-refractivity contribution in [2.45, 2.75) is 12.5 Å². The second-order valence-electron chi connectivity index (χ2n) is 6.97. The minimum atomic E-state index is -0.370. The summed E-state index contributed by atoms with van der Waals surface area (Å²) < 4.78 is 1.04. The van der Waals surface area contributed by atoms with Gasteiger partial charge in [-0.15, -0.1) is 0 Å². The number of hydrogen-bond acceptors (Lipinski definition) is 3. The molecule has 6 heteroatoms. The van der Waals surface area contributed by atoms with Crippen LogP contribution in [0.15, 0.2) is 71.2 Å². The minimum absolute atomic E-state index is 0.0959. The van der Waals surface area contributed by atoms with Crippen LogP contribution in [0.3, 0.4) is 0 Å². The summed E-state index contributed by atoms with van der Waals surface area (Å²) in [5.74, 6) is 0. The maximum absolute atomic E-state index is 11.0. The number of aromatic nitrogens is 1. The highest BCUT2D eigenvalue weighted by molar-refractivity contribution is 9.10. The Balaban J connectivity index is 1.72. The number of non-ortho nitro benzene ring substituents is 1. The van der Waals surface area contributed by atoms with Gasteiger partial charge in [-0.1, -0.05) is 34.1 Å². The zero-order chi connectivity index (χ0) is 19.3. The number of anilines is 1. The Kier molecular flexibility index (Phi) is 3.94. The van der Waals surface area contributed by atoms with Gasteiger partial charge in [-0.25, -0.2) is 0 Å². The summed E-state index contributed by atoms with van der Waals surface area (Å²) in [5.41, 5.74) is 6.82. The highest BCUT2D eigenvalue weighted by Crippen LogP contribution is 2.39. The van der Waals surface area contributed by atoms with Crippen LogP contribution in [0.4, 0.5) is 11.4 Å². The van der Waals surface area contributed by atoms with Crippen molar-refractivity contribution in [3.63, 3.8) is 0 Å². The Morgan fingerprint density at radius 1 is 1.04 bits per heavy atom. The highest BCUT2D eigenvalue weighted by Gasteiger charge is 2.26. The maximum atomic E-state index is 11.0. The van der Waals surface area contributed by atoms with Crippen molar-refractivity contribution in [3.05, 3.63) is 104 Å². The molecule has 0 amide bonds. The van der Waals surface area contributed by atoms with Gasteiger partial charge in [-0.05, 0) is 53.1 Å². The van der Waals surface area contributed by atoms with Gasteiger partial charge in [0.25, 0.3) is 5.69 Å². The van der Waals surface area contributed by atoms with Crippen molar-refractivity contribution in [1.82, 2.24) is 4.98 Å². The topological polar surface area (TPSA) is 71.0 Å². The smallest absolute Gasteiger partial charge is 0.269 e. The van der Waals surface area contributed by atoms with Crippen LogP contribution < -0.4 is 5.32 Å². The molecule has 5 nitrogen and oxygen atoms in total. The van der Waals surface area contributed by atoms with Crippen LogP contribution in [0, 0.1) is 10.1 Å². The van der Waals surface area contributed by atoms with Crippen molar-refractivity contribution in [2.24, 2.45) is 0 Å². The Morgan fingerprint density at radius 2 is 1.82 bits per heavy atom. The van der Waals surface area contributed by atoms with Crippen molar-refractivity contribution in [1.29, 1.82) is 0 Å². The SMILES string of the molecule is O=[N+]([O-])c1ccc(C2Nc3ccccc3Cc3c2[nH]c2ccc(Br)cc32)cc1. The lowest BCUT2D eigenvalue weighted by atomic mass is 9.97. The molecule has 0 saturated carbocycles. The van der Waals surface area contributed by atoms with E-state index >= 15 is 0 Å². The first kappa shape index (κ1) is 17.0. The number of benzene rings is 3. The Bertz CT molecular complexity index is 1210. The number of nitrogens with zero attached hydrogens (tertiary/aromatic N) is 1. The highest BCUT2D eigenvalue weighted by atomic mass is 79.9. The molecule has 1 unspecified atom stereocenters. The van der Waals surface area contributed by atoms with Gasteiger partial charge in [0.05, 0.1) is 11.0 Å². The van der Waals surface area contributed by atoms with Gasteiger partial charge < -0.3 is 10.3 Å². The number of nitro groups is 1. The summed E-state index contributed by atoms with van der Waals surface area (Å²) >= 11 is 3.58. The van der Waals surface area contributed by atoms with Crippen molar-refractivity contribution in [2.75, 3.05) is 5.32 Å². The lowest BCUT2D eigenvalue weighted by Crippen LogP contribution is -2.13. The summed E-state index contributed by atoms with van der Waals surface area (Å²) in [6.07, 6.45) is 0.818. The molecule has 0 saturated heterocycles. The van der Waals surface area contributed by atoms with Gasteiger partial charge >= 0.3 is 0 Å². The summed E-state index contributed by atoms with van der Waals surface area (Å²) in [5, 5.41) is 15.9. The number of fused-ring (bicyclic) bond motifs is 4. The van der Waals surface area contributed by atoms with E-state index in [2.05, 4.69) is 56.6 Å². The molecule has 4 aromatic rings. The van der Waals surface area contributed by atoms with Crippen molar-refractivity contribution in [3.8, 4) is 0 Å². The molecule has 0 aliphatic carbocycles. The molecule has 0 fully saturated rings. The molecule has 1 aromatic heterocycles. The Morgan fingerprint density at radius 3 is 2.61 bits per heavy atom. The van der Waals surface area contributed by atoms with Crippen LogP contribution in [0.25, 0.3) is 10.9 Å². The van der Waals surface area contributed by atoms with Crippen LogP contribution in [-0.2, 0) is 6.42 Å². The van der Waals surface area contributed by atoms with Gasteiger partial charge in [0.1, 0.15) is 0 Å². The second kappa shape index (κ2) is 6.49. The third kappa shape index (κ3) is 2.77. The van der Waals surface area contributed by atoms with E-state index in [9.17, 15) is 10.1 Å². The molecule has 5 rings (SSSR count). The van der Waals surface area contributed by atoms with E-state index in [1.54, 1.807) is 12.1 Å². The average Bonchev–Trinajstić information content (AvgIpc) is 2.95. The van der Waals surface area contributed by atoms with Crippen LogP contribution in [0.5, 0.6) is 0 Å². The van der Waals surface area contributed by atoms with Crippen LogP contribution in [0.1, 0.15) is 28.4 Å². The number of hydrogen-bond donors (Lipinski definition) is 2. The Hall–Kier alpha value is -3.12. The van der Waals surface area contributed by atoms with E-state index in [4.69, 9.17) is 0 Å². The van der Waals surface area contributed by atoms with E-state index in [-0.39, 0.29) is 16.7 Å². The molecule has 138 valence electrons. The molecule has 1 atom stereocenters. The largest absolute Gasteiger partial charge is 0.373 e. The van der Waals surface area contributed by atoms with Crippen molar-refractivity contribution < 1.29 is 4.92 Å². The number of nitrogens with one attached hydrogen (secondary N) is 2. The van der Waals surface area contributed by atoms with E-state index < -0.39 is 0 Å². The fraction of sp³-hybridized carbons (Fsp3) is 0.0909. The molecule has 0 spiro atoms. The van der Waals surface area contributed by atoms with Gasteiger partial charge in [0.15, 0.2) is 0 Å². The normalized spacial score (nSPS) is 15.4. The summed E-state index contributed by atoms with van der Waals surface area (Å²) in [7, 11) is 0. The fourth-order valence-electron chi connectivity index (χ4n) is 3.95. The number of nitro benzene ring substituents is 1. The molecule has 2 heterocycles. The van der Waals surface area contributed by atoms with Crippen LogP contribution >= 0.6 is 15.9 Å². The quantitative estimate of drug-likeness (QED) is 0.303. The first-order valence-electron chi connectivity index (χ1n) is 8.99. The number of rotatable bonds is 2. The zero-order valence-electron chi connectivity index (χ0n) is 14.8. The van der Waals surface area contributed by atoms with E-state index in [1.807, 2.05) is 24.3 Å². The fourth-order valence-corrected chi connectivity index (χ4v) is 4.31. The van der Waals surface area contributed by atoms with Crippen LogP contribution in [-0.4, -0.2) is 9.91 Å². The predicted octanol–water partition coefficient (Wildman–Crippen LogP) is 5.94. The maximum Gasteiger partial charge on any atom is 0.269 e. The van der Waals surface area contributed by atoms with E-state index in [1.165, 1.54) is 16.5 Å². The predicted molar refractivity (Wildman–Crippen MR) is 114 cm³/mol. The number of aromatic amines is 1. The second-order valence-corrected chi connectivity index (χ2v) is 7.88. The van der Waals surface area contributed by atoms with Crippen molar-refractivity contribution >= 4 is 38.2 Å². The molecule has 0 radical (unpaired) electrons. The third-order valence-electron chi connectivity index (χ3n) is 5.31. The lowest BCUT2D eigenvalue weighted by Gasteiger charge is -2.19. The molecular formula is C22H16BrN3O2. The molecule has 2 N–H and O–H groups in total. The first-order valence-corrected chi connectivity index (χ1v) is 9.78. The van der Waals surface area contributed by atoms with Gasteiger partial charge in [-0.3, -0.25) is 10.1 Å². The molecule has 0 bridgehead atoms. The first-order chi connectivity index (χ1) is 13.6. The minimum Gasteiger partial charge on any atom is -0.373 e. The van der Waals surface area contributed by atoms with Gasteiger partial charge in [0.2, 0.25) is 0 Å². The zero-order valence-corrected chi connectivity index (χ0v) is 16.4. The molecule has 1 aliphatic rings. The van der Waals surface area contributed by atoms with Gasteiger partial charge in [-0.2, -0.15) is 0 Å². The third-order valence-corrected chi connectivity index (χ3v) is 5.80. The summed E-state index contributed by atoms with van der Waals surface area (Å²) in [6, 6.07) is 21.2. The average molecular weight is 434 g/mol. The Labute approximate surface area is 169 Å². The summed E-state index contributed by atoms with van der Waals surface area (Å²) in [6.45, 7) is 0. The van der Waals surface area contributed by atoms with Crippen LogP contribution in [0.2, 0.25) is 0 Å². The van der Waals surface area contributed by atoms with E-state index in [0.29, 0.717) is 0 Å². The molecule has 28 heavy (non-hydrogen) atoms. The monoisotopic (exact) mass is 433 g/mol. The molecular weight excluding hydrogens is 418 g/mol. The molecule has 1 aliphatic heterocycles. The number of H-pyrrole nitrogens is 1. The molecule has 3 aromatic carbocycles. The van der Waals surface area contributed by atoms with E-state index in [0.717, 1.165) is 33.4 Å². The standard InChI is InChI=1S/C22H16BrN3O2/c23-15-7-10-20-17(12-15)18-11-14-3-1-2-4-19(14)24-21(22(18)25-20)13-5-8-16(9-6-13)26(27)28/h1-10,12,21,24-25H,11H2. The number of halogens is 1. The van der Waals surface area contributed by atoms with Gasteiger partial charge in [0, 0.05) is 45.3 Å². The summed E-state index contributed by atoms with van der Waals surface area (Å²) in [4.78, 5) is 14.3. The lowest BCUT2D eigenvalue weighted by molar-refractivity contribution is -0.384.